The maximum absolute atomic E-state index is 12.1. The molecule has 2 rings (SSSR count). The van der Waals surface area contributed by atoms with Crippen LogP contribution in [0.2, 0.25) is 0 Å². The fourth-order valence-electron chi connectivity index (χ4n) is 1.79. The van der Waals surface area contributed by atoms with Crippen molar-refractivity contribution in [2.75, 3.05) is 5.73 Å². The summed E-state index contributed by atoms with van der Waals surface area (Å²) < 4.78 is 26.8. The van der Waals surface area contributed by atoms with E-state index in [1.54, 1.807) is 12.1 Å². The Morgan fingerprint density at radius 2 is 2.06 bits per heavy atom. The highest BCUT2D eigenvalue weighted by atomic mass is 32.2. The molecule has 0 aliphatic heterocycles. The van der Waals surface area contributed by atoms with E-state index >= 15 is 0 Å². The number of nitrogen functional groups attached to an aromatic ring is 1. The highest BCUT2D eigenvalue weighted by Gasteiger charge is 2.31. The maximum atomic E-state index is 12.1. The van der Waals surface area contributed by atoms with E-state index in [0.29, 0.717) is 11.6 Å². The third-order valence-electron chi connectivity index (χ3n) is 3.23. The van der Waals surface area contributed by atoms with Crippen molar-refractivity contribution in [3.8, 4) is 0 Å². The van der Waals surface area contributed by atoms with Gasteiger partial charge in [-0.05, 0) is 50.3 Å². The molecule has 1 aliphatic carbocycles. The van der Waals surface area contributed by atoms with E-state index in [1.165, 1.54) is 6.07 Å². The summed E-state index contributed by atoms with van der Waals surface area (Å²) in [5.41, 5.74) is 7.12. The van der Waals surface area contributed by atoms with E-state index in [9.17, 15) is 8.42 Å². The lowest BCUT2D eigenvalue weighted by molar-refractivity contribution is 0.538. The van der Waals surface area contributed by atoms with Gasteiger partial charge in [0.25, 0.3) is 0 Å². The third-order valence-corrected chi connectivity index (χ3v) is 4.79. The van der Waals surface area contributed by atoms with Crippen LogP contribution in [0.15, 0.2) is 23.1 Å². The molecule has 17 heavy (non-hydrogen) atoms. The summed E-state index contributed by atoms with van der Waals surface area (Å²) in [6.07, 6.45) is 2.22. The first-order valence-corrected chi connectivity index (χ1v) is 7.27. The Kier molecular flexibility index (Phi) is 3.14. The zero-order chi connectivity index (χ0) is 12.6. The lowest BCUT2D eigenvalue weighted by Crippen LogP contribution is -2.34. The van der Waals surface area contributed by atoms with E-state index in [4.69, 9.17) is 5.73 Å². The van der Waals surface area contributed by atoms with Crippen molar-refractivity contribution in [1.29, 1.82) is 0 Å². The molecule has 1 fully saturated rings. The average molecular weight is 254 g/mol. The molecule has 0 spiro atoms. The third kappa shape index (κ3) is 2.79. The number of benzene rings is 1. The monoisotopic (exact) mass is 254 g/mol. The van der Waals surface area contributed by atoms with Gasteiger partial charge in [0.2, 0.25) is 10.0 Å². The number of rotatable bonds is 4. The molecule has 0 heterocycles. The number of hydrogen-bond acceptors (Lipinski definition) is 3. The molecule has 3 N–H and O–H groups in total. The van der Waals surface area contributed by atoms with Crippen LogP contribution in [-0.2, 0) is 10.0 Å². The van der Waals surface area contributed by atoms with Crippen molar-refractivity contribution in [3.05, 3.63) is 23.8 Å². The van der Waals surface area contributed by atoms with Gasteiger partial charge >= 0.3 is 0 Å². The second-order valence-corrected chi connectivity index (χ2v) is 6.48. The molecule has 0 bridgehead atoms. The van der Waals surface area contributed by atoms with Crippen LogP contribution in [0.25, 0.3) is 0 Å². The Bertz CT molecular complexity index is 521. The van der Waals surface area contributed by atoms with E-state index in [-0.39, 0.29) is 10.9 Å². The second-order valence-electron chi connectivity index (χ2n) is 4.77. The van der Waals surface area contributed by atoms with Crippen LogP contribution in [0.1, 0.15) is 25.3 Å². The van der Waals surface area contributed by atoms with Crippen molar-refractivity contribution in [2.45, 2.75) is 37.6 Å². The van der Waals surface area contributed by atoms with Gasteiger partial charge in [-0.3, -0.25) is 0 Å². The number of anilines is 1. The zero-order valence-corrected chi connectivity index (χ0v) is 10.9. The predicted molar refractivity (Wildman–Crippen MR) is 68.1 cm³/mol. The van der Waals surface area contributed by atoms with Crippen LogP contribution < -0.4 is 10.5 Å². The van der Waals surface area contributed by atoms with Gasteiger partial charge in [0.05, 0.1) is 4.90 Å². The Balaban J connectivity index is 2.21. The van der Waals surface area contributed by atoms with Crippen LogP contribution in [0.4, 0.5) is 5.69 Å². The Morgan fingerprint density at radius 3 is 2.59 bits per heavy atom. The van der Waals surface area contributed by atoms with E-state index in [1.807, 2.05) is 13.8 Å². The first-order chi connectivity index (χ1) is 7.90. The number of hydrogen-bond donors (Lipinski definition) is 2. The van der Waals surface area contributed by atoms with Crippen LogP contribution in [-0.4, -0.2) is 14.5 Å². The van der Waals surface area contributed by atoms with Gasteiger partial charge in [-0.1, -0.05) is 6.07 Å². The van der Waals surface area contributed by atoms with Crippen molar-refractivity contribution in [2.24, 2.45) is 5.92 Å². The summed E-state index contributed by atoms with van der Waals surface area (Å²) in [5, 5.41) is 0. The molecule has 1 atom stereocenters. The number of sulfonamides is 1. The SMILES string of the molecule is Cc1ccc(S(=O)(=O)NC(C)C2CC2)cc1N. The largest absolute Gasteiger partial charge is 0.398 e. The zero-order valence-electron chi connectivity index (χ0n) is 10.1. The number of nitrogens with two attached hydrogens (primary N) is 1. The molecule has 0 saturated heterocycles. The molecule has 1 unspecified atom stereocenters. The fraction of sp³-hybridized carbons (Fsp3) is 0.500. The second kappa shape index (κ2) is 4.31. The Labute approximate surface area is 102 Å². The first kappa shape index (κ1) is 12.4. The van der Waals surface area contributed by atoms with Crippen molar-refractivity contribution in [3.63, 3.8) is 0 Å². The smallest absolute Gasteiger partial charge is 0.240 e. The first-order valence-electron chi connectivity index (χ1n) is 5.78. The minimum absolute atomic E-state index is 0.00234. The normalized spacial score (nSPS) is 18.0. The summed E-state index contributed by atoms with van der Waals surface area (Å²) in [6.45, 7) is 3.76. The minimum atomic E-state index is -3.43. The van der Waals surface area contributed by atoms with Crippen LogP contribution in [0, 0.1) is 12.8 Å². The van der Waals surface area contributed by atoms with Gasteiger partial charge in [-0.2, -0.15) is 0 Å². The predicted octanol–water partition coefficient (Wildman–Crippen LogP) is 1.65. The van der Waals surface area contributed by atoms with E-state index in [2.05, 4.69) is 4.72 Å². The molecular formula is C12H18N2O2S. The van der Waals surface area contributed by atoms with Gasteiger partial charge in [0, 0.05) is 11.7 Å². The molecule has 0 aromatic heterocycles. The van der Waals surface area contributed by atoms with E-state index in [0.717, 1.165) is 18.4 Å². The van der Waals surface area contributed by atoms with Crippen LogP contribution >= 0.6 is 0 Å². The van der Waals surface area contributed by atoms with Gasteiger partial charge in [-0.15, -0.1) is 0 Å². The highest BCUT2D eigenvalue weighted by Crippen LogP contribution is 2.33. The molecule has 0 radical (unpaired) electrons. The van der Waals surface area contributed by atoms with Crippen molar-refractivity contribution < 1.29 is 8.42 Å². The van der Waals surface area contributed by atoms with Gasteiger partial charge in [-0.25, -0.2) is 13.1 Å². The summed E-state index contributed by atoms with van der Waals surface area (Å²) in [6, 6.07) is 4.83. The molecule has 0 amide bonds. The summed E-state index contributed by atoms with van der Waals surface area (Å²) in [5.74, 6) is 0.493. The van der Waals surface area contributed by atoms with Crippen LogP contribution in [0.5, 0.6) is 0 Å². The van der Waals surface area contributed by atoms with Gasteiger partial charge in [0.1, 0.15) is 0 Å². The van der Waals surface area contributed by atoms with Gasteiger partial charge < -0.3 is 5.73 Å². The molecule has 1 saturated carbocycles. The van der Waals surface area contributed by atoms with Crippen molar-refractivity contribution in [1.82, 2.24) is 4.72 Å². The fourth-order valence-corrected chi connectivity index (χ4v) is 3.14. The van der Waals surface area contributed by atoms with Crippen LogP contribution in [0.3, 0.4) is 0 Å². The average Bonchev–Trinajstić information content (AvgIpc) is 3.04. The molecule has 1 aromatic rings. The summed E-state index contributed by atoms with van der Waals surface area (Å²) in [7, 11) is -3.43. The molecule has 5 heteroatoms. The topological polar surface area (TPSA) is 72.2 Å². The van der Waals surface area contributed by atoms with Gasteiger partial charge in [0.15, 0.2) is 0 Å². The molecule has 4 nitrogen and oxygen atoms in total. The Hall–Kier alpha value is -1.07. The highest BCUT2D eigenvalue weighted by molar-refractivity contribution is 7.89. The quantitative estimate of drug-likeness (QED) is 0.803. The maximum Gasteiger partial charge on any atom is 0.240 e. The molecular weight excluding hydrogens is 236 g/mol. The molecule has 1 aromatic carbocycles. The lowest BCUT2D eigenvalue weighted by atomic mass is 10.2. The summed E-state index contributed by atoms with van der Waals surface area (Å²) >= 11 is 0. The molecule has 94 valence electrons. The molecule has 1 aliphatic rings. The lowest BCUT2D eigenvalue weighted by Gasteiger charge is -2.14. The summed E-state index contributed by atoms with van der Waals surface area (Å²) in [4.78, 5) is 0.244. The van der Waals surface area contributed by atoms with Crippen molar-refractivity contribution >= 4 is 15.7 Å². The number of nitrogens with one attached hydrogen (secondary N) is 1. The van der Waals surface area contributed by atoms with E-state index < -0.39 is 10.0 Å². The Morgan fingerprint density at radius 1 is 1.41 bits per heavy atom. The standard InChI is InChI=1S/C12H18N2O2S/c1-8-3-6-11(7-12(8)13)17(15,16)14-9(2)10-4-5-10/h3,6-7,9-10,14H,4-5,13H2,1-2H3. The number of aryl methyl sites for hydroxylation is 1. The minimum Gasteiger partial charge on any atom is -0.398 e.